The Balaban J connectivity index is 1.76. The van der Waals surface area contributed by atoms with Crippen molar-refractivity contribution in [2.24, 2.45) is 11.1 Å². The molecule has 1 unspecified atom stereocenters. The van der Waals surface area contributed by atoms with E-state index in [1.165, 1.54) is 31.2 Å². The van der Waals surface area contributed by atoms with Gasteiger partial charge in [-0.1, -0.05) is 87.2 Å². The molecule has 1 heterocycles. The van der Waals surface area contributed by atoms with E-state index in [4.69, 9.17) is 9.57 Å². The summed E-state index contributed by atoms with van der Waals surface area (Å²) in [4.78, 5) is 31.8. The monoisotopic (exact) mass is 770 g/mol. The molecule has 5 aromatic rings. The van der Waals surface area contributed by atoms with Crippen molar-refractivity contribution in [1.82, 2.24) is 4.57 Å². The number of nitrogens with zero attached hydrogens (tertiary/aromatic N) is 2. The van der Waals surface area contributed by atoms with Crippen molar-refractivity contribution in [3.05, 3.63) is 112 Å². The zero-order valence-electron chi connectivity index (χ0n) is 33.1. The number of carbonyl (C=O) groups excluding carboxylic acids is 2. The summed E-state index contributed by atoms with van der Waals surface area (Å²) in [6.07, 6.45) is 3.29. The van der Waals surface area contributed by atoms with Crippen LogP contribution in [0, 0.1) is 5.92 Å². The van der Waals surface area contributed by atoms with Crippen molar-refractivity contribution in [3.63, 3.8) is 0 Å². The van der Waals surface area contributed by atoms with Crippen LogP contribution >= 0.6 is 0 Å². The number of allylic oxidation sites excluding steroid dienone is 4. The molecule has 1 aromatic heterocycles. The van der Waals surface area contributed by atoms with Crippen LogP contribution in [0.15, 0.2) is 101 Å². The Labute approximate surface area is 325 Å². The van der Waals surface area contributed by atoms with Crippen LogP contribution in [0.25, 0.3) is 32.6 Å². The van der Waals surface area contributed by atoms with E-state index in [0.717, 1.165) is 82.4 Å². The average Bonchev–Trinajstić information content (AvgIpc) is 3.48. The van der Waals surface area contributed by atoms with Crippen LogP contribution < -0.4 is 4.74 Å². The first-order chi connectivity index (χ1) is 26.7. The van der Waals surface area contributed by atoms with E-state index >= 15 is 0 Å². The van der Waals surface area contributed by atoms with E-state index in [1.807, 2.05) is 70.2 Å². The van der Waals surface area contributed by atoms with Gasteiger partial charge in [0.25, 0.3) is 0 Å². The number of ether oxygens (including phenoxy) is 1. The highest BCUT2D eigenvalue weighted by Gasteiger charge is 2.41. The SMILES string of the molecule is CC/C=C(/C)C(C(=O)c1cc2c3cc(/C(=N\OC(C)=O)c4ccc(OCC(F)(F)C(F)F)cc4)ccc3n(CC(CC)CCCC)c2c2ccccc12)=C(C)C. The van der Waals surface area contributed by atoms with Crippen molar-refractivity contribution in [2.75, 3.05) is 6.61 Å². The Bertz CT molecular complexity index is 2320. The maximum atomic E-state index is 14.7. The smallest absolute Gasteiger partial charge is 0.340 e. The fourth-order valence-electron chi connectivity index (χ4n) is 7.34. The molecular weight excluding hydrogens is 721 g/mol. The maximum Gasteiger partial charge on any atom is 0.340 e. The van der Waals surface area contributed by atoms with E-state index < -0.39 is 24.9 Å². The molecule has 10 heteroatoms. The van der Waals surface area contributed by atoms with E-state index in [2.05, 4.69) is 35.7 Å². The second-order valence-corrected chi connectivity index (χ2v) is 14.5. The van der Waals surface area contributed by atoms with Crippen LogP contribution in [-0.4, -0.2) is 41.0 Å². The lowest BCUT2D eigenvalue weighted by molar-refractivity contribution is -0.148. The van der Waals surface area contributed by atoms with Gasteiger partial charge in [0, 0.05) is 57.4 Å². The first kappa shape index (κ1) is 41.9. The number of halogens is 4. The molecule has 0 spiro atoms. The summed E-state index contributed by atoms with van der Waals surface area (Å²) >= 11 is 0. The summed E-state index contributed by atoms with van der Waals surface area (Å²) in [6.45, 7) is 12.9. The van der Waals surface area contributed by atoms with Gasteiger partial charge in [0.15, 0.2) is 12.4 Å². The van der Waals surface area contributed by atoms with Crippen LogP contribution in [0.4, 0.5) is 17.6 Å². The molecule has 0 bridgehead atoms. The second-order valence-electron chi connectivity index (χ2n) is 14.5. The number of hydrogen-bond donors (Lipinski definition) is 0. The number of fused-ring (bicyclic) bond motifs is 5. The normalized spacial score (nSPS) is 13.1. The molecule has 5 rings (SSSR count). The third-order valence-electron chi connectivity index (χ3n) is 10.1. The lowest BCUT2D eigenvalue weighted by Crippen LogP contribution is -2.33. The van der Waals surface area contributed by atoms with Crippen LogP contribution in [-0.2, 0) is 16.2 Å². The molecule has 0 aliphatic carbocycles. The predicted molar refractivity (Wildman–Crippen MR) is 217 cm³/mol. The van der Waals surface area contributed by atoms with E-state index in [-0.39, 0.29) is 17.2 Å². The highest BCUT2D eigenvalue weighted by Crippen LogP contribution is 2.39. The van der Waals surface area contributed by atoms with Gasteiger partial charge in [0.05, 0.1) is 5.52 Å². The summed E-state index contributed by atoms with van der Waals surface area (Å²) in [5.74, 6) is -4.64. The van der Waals surface area contributed by atoms with Crippen LogP contribution in [0.1, 0.15) is 102 Å². The number of rotatable bonds is 17. The minimum atomic E-state index is -4.31. The fourth-order valence-corrected chi connectivity index (χ4v) is 7.34. The summed E-state index contributed by atoms with van der Waals surface area (Å²) in [6, 6.07) is 21.7. The highest BCUT2D eigenvalue weighted by molar-refractivity contribution is 6.27. The van der Waals surface area contributed by atoms with Crippen molar-refractivity contribution < 1.29 is 36.7 Å². The number of benzene rings is 4. The van der Waals surface area contributed by atoms with Gasteiger partial charge in [-0.25, -0.2) is 13.6 Å². The molecule has 296 valence electrons. The molecule has 4 aromatic carbocycles. The van der Waals surface area contributed by atoms with Gasteiger partial charge in [0.2, 0.25) is 0 Å². The number of hydrogen-bond acceptors (Lipinski definition) is 5. The molecular formula is C46H50F4N2O4. The van der Waals surface area contributed by atoms with Gasteiger partial charge < -0.3 is 14.1 Å². The molecule has 0 fully saturated rings. The summed E-state index contributed by atoms with van der Waals surface area (Å²) < 4.78 is 59.9. The third-order valence-corrected chi connectivity index (χ3v) is 10.1. The molecule has 0 aliphatic rings. The molecule has 1 atom stereocenters. The van der Waals surface area contributed by atoms with Crippen LogP contribution in [0.3, 0.4) is 0 Å². The van der Waals surface area contributed by atoms with Gasteiger partial charge in [-0.2, -0.15) is 8.78 Å². The zero-order chi connectivity index (χ0) is 40.7. The van der Waals surface area contributed by atoms with Crippen LogP contribution in [0.2, 0.25) is 0 Å². The Hall–Kier alpha value is -5.25. The number of ketones is 1. The molecule has 0 saturated carbocycles. The number of carbonyl (C=O) groups is 2. The van der Waals surface area contributed by atoms with E-state index in [0.29, 0.717) is 28.2 Å². The van der Waals surface area contributed by atoms with E-state index in [1.54, 1.807) is 0 Å². The minimum Gasteiger partial charge on any atom is -0.487 e. The molecule has 0 aliphatic heterocycles. The first-order valence-corrected chi connectivity index (χ1v) is 19.2. The number of alkyl halides is 4. The highest BCUT2D eigenvalue weighted by atomic mass is 19.3. The molecule has 0 N–H and O–H groups in total. The molecule has 0 saturated heterocycles. The van der Waals surface area contributed by atoms with Gasteiger partial charge >= 0.3 is 18.3 Å². The van der Waals surface area contributed by atoms with E-state index in [9.17, 15) is 27.2 Å². The average molecular weight is 771 g/mol. The Morgan fingerprint density at radius 3 is 2.14 bits per heavy atom. The predicted octanol–water partition coefficient (Wildman–Crippen LogP) is 12.6. The quantitative estimate of drug-likeness (QED) is 0.0180. The summed E-state index contributed by atoms with van der Waals surface area (Å²) in [5, 5.41) is 7.78. The van der Waals surface area contributed by atoms with Crippen molar-refractivity contribution in [3.8, 4) is 5.75 Å². The van der Waals surface area contributed by atoms with Crippen molar-refractivity contribution >= 4 is 50.0 Å². The molecule has 56 heavy (non-hydrogen) atoms. The number of oxime groups is 1. The summed E-state index contributed by atoms with van der Waals surface area (Å²) in [5.41, 5.74) is 6.43. The fraction of sp³-hybridized carbons (Fsp3) is 0.370. The Kier molecular flexibility index (Phi) is 13.6. The molecule has 6 nitrogen and oxygen atoms in total. The zero-order valence-corrected chi connectivity index (χ0v) is 33.1. The van der Waals surface area contributed by atoms with Gasteiger partial charge in [-0.05, 0) is 93.0 Å². The summed E-state index contributed by atoms with van der Waals surface area (Å²) in [7, 11) is 0. The Morgan fingerprint density at radius 1 is 0.857 bits per heavy atom. The van der Waals surface area contributed by atoms with Gasteiger partial charge in [0.1, 0.15) is 11.5 Å². The Morgan fingerprint density at radius 2 is 1.54 bits per heavy atom. The molecule has 0 amide bonds. The van der Waals surface area contributed by atoms with Crippen molar-refractivity contribution in [1.29, 1.82) is 0 Å². The minimum absolute atomic E-state index is 0.0446. The lowest BCUT2D eigenvalue weighted by Gasteiger charge is -2.19. The number of Topliss-reactive ketones (excluding diaryl/α,β-unsaturated/α-hetero) is 1. The number of aromatic nitrogens is 1. The largest absolute Gasteiger partial charge is 0.487 e. The number of unbranched alkanes of at least 4 members (excludes halogenated alkanes) is 1. The first-order valence-electron chi connectivity index (χ1n) is 19.2. The van der Waals surface area contributed by atoms with Crippen molar-refractivity contribution in [2.45, 2.75) is 99.5 Å². The van der Waals surface area contributed by atoms with Gasteiger partial charge in [-0.15, -0.1) is 0 Å². The van der Waals surface area contributed by atoms with Gasteiger partial charge in [-0.3, -0.25) is 4.79 Å². The topological polar surface area (TPSA) is 69.9 Å². The van der Waals surface area contributed by atoms with Crippen LogP contribution in [0.5, 0.6) is 5.75 Å². The standard InChI is InChI=1S/C46H50F4N2O4/c1-8-11-15-31(10-3)26-52-40-23-20-33(42(51-56-30(7)53)32-18-21-34(22-19-32)55-27-46(49,50)45(47)48)24-37(40)38-25-39(35-16-12-13-17-36(35)43(38)52)44(54)41(28(4)5)29(6)14-9-2/h12-14,16-25,31,45H,8-11,15,26-27H2,1-7H3/b29-14-,51-42-. The third kappa shape index (κ3) is 9.06. The lowest BCUT2D eigenvalue weighted by atomic mass is 9.89. The second kappa shape index (κ2) is 18.1. The maximum absolute atomic E-state index is 14.7. The molecule has 0 radical (unpaired) electrons.